The minimum Gasteiger partial charge on any atom is -0.477 e. The molecule has 3 rings (SSSR count). The highest BCUT2D eigenvalue weighted by Crippen LogP contribution is 2.60. The highest BCUT2D eigenvalue weighted by Gasteiger charge is 2.64. The fourth-order valence-corrected chi connectivity index (χ4v) is 2.89. The lowest BCUT2D eigenvalue weighted by Gasteiger charge is -2.21. The molecule has 1 heterocycles. The Morgan fingerprint density at radius 1 is 1.22 bits per heavy atom. The van der Waals surface area contributed by atoms with Gasteiger partial charge in [-0.15, -0.1) is 0 Å². The summed E-state index contributed by atoms with van der Waals surface area (Å²) >= 11 is 6.05. The van der Waals surface area contributed by atoms with E-state index < -0.39 is 17.6 Å². The molecule has 0 amide bonds. The highest BCUT2D eigenvalue weighted by molar-refractivity contribution is 6.31. The van der Waals surface area contributed by atoms with Crippen molar-refractivity contribution in [1.29, 1.82) is 0 Å². The summed E-state index contributed by atoms with van der Waals surface area (Å²) in [6.45, 7) is 0. The lowest BCUT2D eigenvalue weighted by Crippen LogP contribution is -2.28. The van der Waals surface area contributed by atoms with E-state index in [-0.39, 0.29) is 34.8 Å². The van der Waals surface area contributed by atoms with Crippen molar-refractivity contribution in [3.63, 3.8) is 0 Å². The number of alkyl halides is 3. The Kier molecular flexibility index (Phi) is 3.55. The second kappa shape index (κ2) is 5.19. The van der Waals surface area contributed by atoms with E-state index >= 15 is 0 Å². The zero-order valence-corrected chi connectivity index (χ0v) is 12.3. The van der Waals surface area contributed by atoms with E-state index in [0.29, 0.717) is 5.56 Å². The zero-order valence-electron chi connectivity index (χ0n) is 11.6. The summed E-state index contributed by atoms with van der Waals surface area (Å²) in [4.78, 5) is 18.4. The fraction of sp³-hybridized carbons (Fsp3) is 0.267. The number of carbonyl (C=O) groups is 1. The number of benzene rings is 1. The molecule has 0 aliphatic heterocycles. The van der Waals surface area contributed by atoms with Crippen LogP contribution in [0.25, 0.3) is 11.3 Å². The van der Waals surface area contributed by atoms with Gasteiger partial charge in [-0.25, -0.2) is 14.8 Å². The van der Waals surface area contributed by atoms with Gasteiger partial charge < -0.3 is 5.11 Å². The maximum atomic E-state index is 13.2. The first-order valence-electron chi connectivity index (χ1n) is 6.67. The highest BCUT2D eigenvalue weighted by atomic mass is 35.5. The summed E-state index contributed by atoms with van der Waals surface area (Å²) in [5.74, 6) is -1.22. The number of hydrogen-bond donors (Lipinski definition) is 1. The Morgan fingerprint density at radius 3 is 2.43 bits per heavy atom. The molecule has 8 heteroatoms. The number of aromatic nitrogens is 2. The molecule has 1 aromatic heterocycles. The maximum Gasteiger partial charge on any atom is 0.398 e. The predicted molar refractivity (Wildman–Crippen MR) is 76.4 cm³/mol. The van der Waals surface area contributed by atoms with E-state index in [4.69, 9.17) is 16.7 Å². The van der Waals surface area contributed by atoms with Gasteiger partial charge in [0.25, 0.3) is 0 Å². The Bertz CT molecular complexity index is 789. The van der Waals surface area contributed by atoms with Crippen molar-refractivity contribution < 1.29 is 23.1 Å². The van der Waals surface area contributed by atoms with Gasteiger partial charge in [0.05, 0.1) is 11.1 Å². The van der Waals surface area contributed by atoms with Crippen molar-refractivity contribution in [3.8, 4) is 11.3 Å². The van der Waals surface area contributed by atoms with Crippen molar-refractivity contribution in [2.24, 2.45) is 0 Å². The number of carboxylic acids is 1. The number of nitrogens with zero attached hydrogens (tertiary/aromatic N) is 2. The minimum atomic E-state index is -4.34. The molecule has 1 N–H and O–H groups in total. The monoisotopic (exact) mass is 342 g/mol. The third kappa shape index (κ3) is 2.65. The third-order valence-electron chi connectivity index (χ3n) is 3.96. The average Bonchev–Trinajstić information content (AvgIpc) is 3.28. The van der Waals surface area contributed by atoms with Gasteiger partial charge in [0.1, 0.15) is 6.33 Å². The van der Waals surface area contributed by atoms with Crippen molar-refractivity contribution in [3.05, 3.63) is 46.9 Å². The Balaban J connectivity index is 2.01. The summed E-state index contributed by atoms with van der Waals surface area (Å²) in [5, 5.41) is 8.91. The van der Waals surface area contributed by atoms with E-state index in [1.54, 1.807) is 0 Å². The normalized spacial score (nSPS) is 16.2. The summed E-state index contributed by atoms with van der Waals surface area (Å²) in [5.41, 5.74) is -1.31. The minimum absolute atomic E-state index is 0.00666. The molecule has 1 aliphatic rings. The van der Waals surface area contributed by atoms with E-state index in [1.807, 2.05) is 0 Å². The Labute approximate surface area is 134 Å². The lowest BCUT2D eigenvalue weighted by molar-refractivity contribution is -0.160. The van der Waals surface area contributed by atoms with Gasteiger partial charge >= 0.3 is 12.1 Å². The molecule has 4 nitrogen and oxygen atoms in total. The van der Waals surface area contributed by atoms with E-state index in [9.17, 15) is 18.0 Å². The fourth-order valence-electron chi connectivity index (χ4n) is 2.53. The largest absolute Gasteiger partial charge is 0.477 e. The molecule has 1 fully saturated rings. The standard InChI is InChI=1S/C15H10ClF3N2O2/c16-10-5-8(11-6-12(13(22)23)21-7-20-11)1-2-9(10)14(3-4-14)15(17,18)19/h1-2,5-7H,3-4H2,(H,22,23). The molecule has 2 aromatic rings. The molecule has 120 valence electrons. The van der Waals surface area contributed by atoms with E-state index in [1.165, 1.54) is 24.3 Å². The van der Waals surface area contributed by atoms with Crippen LogP contribution in [0.1, 0.15) is 28.9 Å². The lowest BCUT2D eigenvalue weighted by atomic mass is 9.93. The van der Waals surface area contributed by atoms with Crippen LogP contribution in [0.4, 0.5) is 13.2 Å². The van der Waals surface area contributed by atoms with Crippen LogP contribution in [0.2, 0.25) is 5.02 Å². The van der Waals surface area contributed by atoms with E-state index in [0.717, 1.165) is 6.33 Å². The van der Waals surface area contributed by atoms with Gasteiger partial charge in [0, 0.05) is 10.6 Å². The molecular weight excluding hydrogens is 333 g/mol. The number of halogens is 4. The molecule has 0 unspecified atom stereocenters. The molecule has 0 atom stereocenters. The van der Waals surface area contributed by atoms with Crippen LogP contribution >= 0.6 is 11.6 Å². The van der Waals surface area contributed by atoms with Crippen molar-refractivity contribution in [1.82, 2.24) is 9.97 Å². The molecule has 0 saturated heterocycles. The van der Waals surface area contributed by atoms with Crippen LogP contribution in [0.15, 0.2) is 30.6 Å². The van der Waals surface area contributed by atoms with Crippen molar-refractivity contribution >= 4 is 17.6 Å². The molecule has 1 aromatic carbocycles. The molecule has 23 heavy (non-hydrogen) atoms. The van der Waals surface area contributed by atoms with Crippen LogP contribution in [0, 0.1) is 0 Å². The molecule has 0 radical (unpaired) electrons. The van der Waals surface area contributed by atoms with Gasteiger partial charge in [-0.2, -0.15) is 13.2 Å². The molecule has 0 bridgehead atoms. The Morgan fingerprint density at radius 2 is 1.91 bits per heavy atom. The van der Waals surface area contributed by atoms with Crippen LogP contribution in [-0.4, -0.2) is 27.2 Å². The predicted octanol–water partition coefficient (Wildman–Crippen LogP) is 4.09. The van der Waals surface area contributed by atoms with Gasteiger partial charge in [-0.1, -0.05) is 23.7 Å². The van der Waals surface area contributed by atoms with Crippen LogP contribution in [-0.2, 0) is 5.41 Å². The van der Waals surface area contributed by atoms with E-state index in [2.05, 4.69) is 9.97 Å². The van der Waals surface area contributed by atoms with Gasteiger partial charge in [0.2, 0.25) is 0 Å². The van der Waals surface area contributed by atoms with Crippen LogP contribution in [0.5, 0.6) is 0 Å². The second-order valence-electron chi connectivity index (χ2n) is 5.37. The Hall–Kier alpha value is -2.15. The molecule has 0 spiro atoms. The number of rotatable bonds is 3. The first-order chi connectivity index (χ1) is 10.7. The smallest absolute Gasteiger partial charge is 0.398 e. The van der Waals surface area contributed by atoms with Crippen LogP contribution < -0.4 is 0 Å². The number of aromatic carboxylic acids is 1. The molecular formula is C15H10ClF3N2O2. The molecule has 1 aliphatic carbocycles. The van der Waals surface area contributed by atoms with Crippen molar-refractivity contribution in [2.45, 2.75) is 24.4 Å². The average molecular weight is 343 g/mol. The third-order valence-corrected chi connectivity index (χ3v) is 4.27. The SMILES string of the molecule is O=C(O)c1cc(-c2ccc(C3(C(F)(F)F)CC3)c(Cl)c2)ncn1. The topological polar surface area (TPSA) is 63.1 Å². The zero-order chi connectivity index (χ0) is 16.8. The number of carboxylic acid groups (broad SMARTS) is 1. The first-order valence-corrected chi connectivity index (χ1v) is 7.05. The van der Waals surface area contributed by atoms with Gasteiger partial charge in [0.15, 0.2) is 5.69 Å². The summed E-state index contributed by atoms with van der Waals surface area (Å²) in [6, 6.07) is 5.41. The van der Waals surface area contributed by atoms with Crippen LogP contribution in [0.3, 0.4) is 0 Å². The van der Waals surface area contributed by atoms with Gasteiger partial charge in [-0.05, 0) is 30.5 Å². The number of hydrogen-bond acceptors (Lipinski definition) is 3. The van der Waals surface area contributed by atoms with Gasteiger partial charge in [-0.3, -0.25) is 0 Å². The quantitative estimate of drug-likeness (QED) is 0.912. The summed E-state index contributed by atoms with van der Waals surface area (Å²) in [7, 11) is 0. The second-order valence-corrected chi connectivity index (χ2v) is 5.78. The maximum absolute atomic E-state index is 13.2. The summed E-state index contributed by atoms with van der Waals surface area (Å²) < 4.78 is 39.5. The molecule has 1 saturated carbocycles. The summed E-state index contributed by atoms with van der Waals surface area (Å²) in [6.07, 6.45) is -3.22. The first kappa shape index (κ1) is 15.7. The van der Waals surface area contributed by atoms with Crippen molar-refractivity contribution in [2.75, 3.05) is 0 Å².